The smallest absolute Gasteiger partial charge is 0.253 e. The molecule has 4 rings (SSSR count). The Morgan fingerprint density at radius 3 is 2.22 bits per heavy atom. The van der Waals surface area contributed by atoms with Crippen LogP contribution in [-0.4, -0.2) is 61.2 Å². The van der Waals surface area contributed by atoms with E-state index >= 15 is 0 Å². The van der Waals surface area contributed by atoms with E-state index in [9.17, 15) is 4.79 Å². The number of aromatic nitrogens is 2. The normalized spacial score (nSPS) is 13.6. The Hall–Kier alpha value is -3.45. The van der Waals surface area contributed by atoms with Gasteiger partial charge in [0.15, 0.2) is 0 Å². The van der Waals surface area contributed by atoms with E-state index in [0.29, 0.717) is 26.1 Å². The minimum Gasteiger partial charge on any atom is -0.497 e. The van der Waals surface area contributed by atoms with Crippen molar-refractivity contribution in [3.05, 3.63) is 82.3 Å². The summed E-state index contributed by atoms with van der Waals surface area (Å²) < 4.78 is 10.8. The number of rotatable bonds is 10. The average molecular weight is 503 g/mol. The van der Waals surface area contributed by atoms with E-state index in [0.717, 1.165) is 59.3 Å². The number of hydrogen-bond acceptors (Lipinski definition) is 6. The summed E-state index contributed by atoms with van der Waals surface area (Å²) in [6.07, 6.45) is 4.10. The second-order valence-corrected chi connectivity index (χ2v) is 9.56. The van der Waals surface area contributed by atoms with Gasteiger partial charge in [0.1, 0.15) is 17.4 Å². The molecule has 0 saturated carbocycles. The molecule has 0 aliphatic carbocycles. The van der Waals surface area contributed by atoms with Crippen molar-refractivity contribution in [3.63, 3.8) is 0 Å². The topological polar surface area (TPSA) is 67.8 Å². The molecule has 196 valence electrons. The third-order valence-electron chi connectivity index (χ3n) is 6.89. The second-order valence-electron chi connectivity index (χ2n) is 9.56. The molecule has 1 aromatic heterocycles. The van der Waals surface area contributed by atoms with Crippen LogP contribution in [0.3, 0.4) is 0 Å². The van der Waals surface area contributed by atoms with E-state index in [2.05, 4.69) is 36.1 Å². The Balaban J connectivity index is 1.49. The predicted molar refractivity (Wildman–Crippen MR) is 146 cm³/mol. The minimum absolute atomic E-state index is 0.0964. The summed E-state index contributed by atoms with van der Waals surface area (Å²) in [4.78, 5) is 27.0. The molecular weight excluding hydrogens is 464 g/mol. The van der Waals surface area contributed by atoms with Crippen molar-refractivity contribution in [3.8, 4) is 5.75 Å². The lowest BCUT2D eigenvalue weighted by Gasteiger charge is -2.36. The fourth-order valence-electron chi connectivity index (χ4n) is 4.78. The summed E-state index contributed by atoms with van der Waals surface area (Å²) in [7, 11) is 3.36. The highest BCUT2D eigenvalue weighted by molar-refractivity contribution is 5.94. The first-order valence-corrected chi connectivity index (χ1v) is 13.1. The zero-order chi connectivity index (χ0) is 26.2. The Kier molecular flexibility index (Phi) is 9.12. The van der Waals surface area contributed by atoms with Crippen molar-refractivity contribution in [1.29, 1.82) is 0 Å². The molecule has 1 saturated heterocycles. The Labute approximate surface area is 220 Å². The highest BCUT2D eigenvalue weighted by atomic mass is 16.5. The largest absolute Gasteiger partial charge is 0.497 e. The first-order valence-electron chi connectivity index (χ1n) is 13.1. The molecule has 2 heterocycles. The predicted octanol–water partition coefficient (Wildman–Crippen LogP) is 4.84. The Morgan fingerprint density at radius 2 is 1.59 bits per heavy atom. The third-order valence-corrected chi connectivity index (χ3v) is 6.89. The molecule has 0 spiro atoms. The van der Waals surface area contributed by atoms with Gasteiger partial charge in [0.2, 0.25) is 0 Å². The number of nitrogens with zero attached hydrogens (tertiary/aromatic N) is 4. The molecule has 0 bridgehead atoms. The summed E-state index contributed by atoms with van der Waals surface area (Å²) in [6.45, 7) is 7.29. The molecule has 0 radical (unpaired) electrons. The van der Waals surface area contributed by atoms with Gasteiger partial charge in [-0.25, -0.2) is 9.97 Å². The molecule has 0 atom stereocenters. The van der Waals surface area contributed by atoms with Crippen molar-refractivity contribution in [2.45, 2.75) is 46.1 Å². The van der Waals surface area contributed by atoms with E-state index in [1.807, 2.05) is 36.1 Å². The maximum atomic E-state index is 13.2. The molecule has 0 N–H and O–H groups in total. The van der Waals surface area contributed by atoms with Gasteiger partial charge in [0.05, 0.1) is 19.4 Å². The van der Waals surface area contributed by atoms with Crippen LogP contribution in [0.5, 0.6) is 5.75 Å². The minimum atomic E-state index is 0.0964. The molecule has 1 fully saturated rings. The molecule has 37 heavy (non-hydrogen) atoms. The molecule has 7 nitrogen and oxygen atoms in total. The van der Waals surface area contributed by atoms with E-state index < -0.39 is 0 Å². The van der Waals surface area contributed by atoms with Crippen molar-refractivity contribution < 1.29 is 14.3 Å². The third kappa shape index (κ3) is 6.66. The van der Waals surface area contributed by atoms with Gasteiger partial charge < -0.3 is 19.3 Å². The summed E-state index contributed by atoms with van der Waals surface area (Å²) >= 11 is 0. The standard InChI is InChI=1S/C30H38N4O3/c1-5-6-7-23-8-12-25(13-9-23)30(35)34-18-16-33(17-19-34)29-27(28(21-36-3)31-22(2)32-29)20-24-10-14-26(37-4)15-11-24/h8-15H,5-7,16-21H2,1-4H3. The van der Waals surface area contributed by atoms with Crippen LogP contribution in [0.25, 0.3) is 0 Å². The number of carbonyl (C=O) groups excluding carboxylic acids is 1. The number of carbonyl (C=O) groups is 1. The maximum Gasteiger partial charge on any atom is 0.253 e. The van der Waals surface area contributed by atoms with Crippen LogP contribution in [0, 0.1) is 6.92 Å². The van der Waals surface area contributed by atoms with Crippen LogP contribution < -0.4 is 9.64 Å². The van der Waals surface area contributed by atoms with E-state index in [1.165, 1.54) is 18.4 Å². The monoisotopic (exact) mass is 502 g/mol. The SMILES string of the molecule is CCCCc1ccc(C(=O)N2CCN(c3nc(C)nc(COC)c3Cc3ccc(OC)cc3)CC2)cc1. The summed E-state index contributed by atoms with van der Waals surface area (Å²) in [6, 6.07) is 16.2. The van der Waals surface area contributed by atoms with Crippen LogP contribution >= 0.6 is 0 Å². The fourth-order valence-corrected chi connectivity index (χ4v) is 4.78. The van der Waals surface area contributed by atoms with Crippen LogP contribution in [0.15, 0.2) is 48.5 Å². The van der Waals surface area contributed by atoms with E-state index in [4.69, 9.17) is 19.4 Å². The molecule has 1 aliphatic heterocycles. The number of unbranched alkanes of at least 4 members (excludes halogenated alkanes) is 1. The average Bonchev–Trinajstić information content (AvgIpc) is 2.93. The van der Waals surface area contributed by atoms with Crippen LogP contribution in [0.2, 0.25) is 0 Å². The first kappa shape index (κ1) is 26.6. The zero-order valence-electron chi connectivity index (χ0n) is 22.5. The van der Waals surface area contributed by atoms with E-state index in [-0.39, 0.29) is 5.91 Å². The molecule has 1 aliphatic rings. The van der Waals surface area contributed by atoms with Crippen molar-refractivity contribution in [1.82, 2.24) is 14.9 Å². The number of amides is 1. The van der Waals surface area contributed by atoms with Gasteiger partial charge >= 0.3 is 0 Å². The number of benzene rings is 2. The van der Waals surface area contributed by atoms with Crippen molar-refractivity contribution in [2.75, 3.05) is 45.3 Å². The number of ether oxygens (including phenoxy) is 2. The van der Waals surface area contributed by atoms with Gasteiger partial charge in [-0.2, -0.15) is 0 Å². The number of anilines is 1. The molecule has 0 unspecified atom stereocenters. The molecule has 1 amide bonds. The van der Waals surface area contributed by atoms with E-state index in [1.54, 1.807) is 14.2 Å². The summed E-state index contributed by atoms with van der Waals surface area (Å²) in [5.74, 6) is 2.58. The van der Waals surface area contributed by atoms with Crippen molar-refractivity contribution in [2.24, 2.45) is 0 Å². The van der Waals surface area contributed by atoms with Gasteiger partial charge in [-0.1, -0.05) is 37.6 Å². The number of methoxy groups -OCH3 is 2. The molecule has 2 aromatic carbocycles. The maximum absolute atomic E-state index is 13.2. The van der Waals surface area contributed by atoms with Crippen LogP contribution in [0.1, 0.15) is 58.3 Å². The second kappa shape index (κ2) is 12.7. The quantitative estimate of drug-likeness (QED) is 0.395. The first-order chi connectivity index (χ1) is 18.0. The summed E-state index contributed by atoms with van der Waals surface area (Å²) in [5, 5.41) is 0. The highest BCUT2D eigenvalue weighted by Crippen LogP contribution is 2.27. The fraction of sp³-hybridized carbons (Fsp3) is 0.433. The van der Waals surface area contributed by atoms with Crippen molar-refractivity contribution >= 4 is 11.7 Å². The Bertz CT molecular complexity index is 1170. The van der Waals surface area contributed by atoms with Crippen LogP contribution in [0.4, 0.5) is 5.82 Å². The number of piperazine rings is 1. The number of hydrogen-bond donors (Lipinski definition) is 0. The highest BCUT2D eigenvalue weighted by Gasteiger charge is 2.26. The van der Waals surface area contributed by atoms with Gasteiger partial charge in [0.25, 0.3) is 5.91 Å². The molecular formula is C30H38N4O3. The summed E-state index contributed by atoms with van der Waals surface area (Å²) in [5.41, 5.74) is 5.18. The molecule has 3 aromatic rings. The lowest BCUT2D eigenvalue weighted by molar-refractivity contribution is 0.0746. The van der Waals surface area contributed by atoms with Gasteiger partial charge in [-0.3, -0.25) is 4.79 Å². The Morgan fingerprint density at radius 1 is 0.919 bits per heavy atom. The van der Waals surface area contributed by atoms with Gasteiger partial charge in [0, 0.05) is 50.8 Å². The number of aryl methyl sites for hydroxylation is 2. The lowest BCUT2D eigenvalue weighted by Crippen LogP contribution is -2.49. The lowest BCUT2D eigenvalue weighted by atomic mass is 10.0. The van der Waals surface area contributed by atoms with Crippen LogP contribution in [-0.2, 0) is 24.2 Å². The van der Waals surface area contributed by atoms with Gasteiger partial charge in [-0.05, 0) is 55.2 Å². The van der Waals surface area contributed by atoms with Gasteiger partial charge in [-0.15, -0.1) is 0 Å². The zero-order valence-corrected chi connectivity index (χ0v) is 22.5. The molecule has 7 heteroatoms.